The van der Waals surface area contributed by atoms with Gasteiger partial charge in [0.1, 0.15) is 11.4 Å². The largest absolute Gasteiger partial charge is 0.478 e. The van der Waals surface area contributed by atoms with Crippen molar-refractivity contribution in [2.75, 3.05) is 18.5 Å². The van der Waals surface area contributed by atoms with Gasteiger partial charge >= 0.3 is 5.97 Å². The van der Waals surface area contributed by atoms with Crippen LogP contribution in [0.25, 0.3) is 0 Å². The first kappa shape index (κ1) is 12.4. The Morgan fingerprint density at radius 3 is 3.06 bits per heavy atom. The van der Waals surface area contributed by atoms with E-state index in [9.17, 15) is 4.79 Å². The summed E-state index contributed by atoms with van der Waals surface area (Å²) in [4.78, 5) is 14.9. The lowest BCUT2D eigenvalue weighted by Crippen LogP contribution is -2.23. The lowest BCUT2D eigenvalue weighted by molar-refractivity contribution is 0.0697. The zero-order valence-electron chi connectivity index (χ0n) is 9.43. The molecule has 0 aromatic carbocycles. The lowest BCUT2D eigenvalue weighted by Gasteiger charge is -2.15. The zero-order valence-corrected chi connectivity index (χ0v) is 9.43. The van der Waals surface area contributed by atoms with Gasteiger partial charge in [0.25, 0.3) is 0 Å². The number of nitrogens with zero attached hydrogens (tertiary/aromatic N) is 1. The highest BCUT2D eigenvalue weighted by atomic mass is 16.5. The van der Waals surface area contributed by atoms with Crippen LogP contribution in [-0.2, 0) is 4.74 Å². The topological polar surface area (TPSA) is 71.5 Å². The van der Waals surface area contributed by atoms with E-state index in [4.69, 9.17) is 9.84 Å². The molecule has 5 heteroatoms. The molecule has 5 nitrogen and oxygen atoms in total. The first-order valence-corrected chi connectivity index (χ1v) is 5.17. The van der Waals surface area contributed by atoms with Crippen molar-refractivity contribution in [3.05, 3.63) is 23.9 Å². The van der Waals surface area contributed by atoms with E-state index in [0.29, 0.717) is 19.0 Å². The Balaban J connectivity index is 2.69. The number of anilines is 1. The molecule has 1 unspecified atom stereocenters. The van der Waals surface area contributed by atoms with Crippen LogP contribution in [0.1, 0.15) is 24.2 Å². The second-order valence-electron chi connectivity index (χ2n) is 3.41. The number of aromatic carboxylic acids is 1. The molecule has 0 spiro atoms. The molecule has 1 aromatic rings. The summed E-state index contributed by atoms with van der Waals surface area (Å²) in [6, 6.07) is 3.14. The number of nitrogens with one attached hydrogen (secondary N) is 1. The highest BCUT2D eigenvalue weighted by Gasteiger charge is 2.12. The van der Waals surface area contributed by atoms with Gasteiger partial charge in [0.2, 0.25) is 0 Å². The fourth-order valence-corrected chi connectivity index (χ4v) is 1.26. The summed E-state index contributed by atoms with van der Waals surface area (Å²) < 4.78 is 5.23. The fourth-order valence-electron chi connectivity index (χ4n) is 1.26. The third kappa shape index (κ3) is 3.51. The SMILES string of the molecule is CCOCC(C)Nc1ncccc1C(=O)O. The third-order valence-corrected chi connectivity index (χ3v) is 1.99. The molecular formula is C11H16N2O3. The quantitative estimate of drug-likeness (QED) is 0.768. The number of hydrogen-bond acceptors (Lipinski definition) is 4. The van der Waals surface area contributed by atoms with E-state index in [-0.39, 0.29) is 11.6 Å². The standard InChI is InChI=1S/C11H16N2O3/c1-3-16-7-8(2)13-10-9(11(14)15)5-4-6-12-10/h4-6,8H,3,7H2,1-2H3,(H,12,13)(H,14,15). The van der Waals surface area contributed by atoms with E-state index in [1.165, 1.54) is 6.07 Å². The summed E-state index contributed by atoms with van der Waals surface area (Å²) in [5, 5.41) is 12.0. The van der Waals surface area contributed by atoms with Crippen molar-refractivity contribution in [2.24, 2.45) is 0 Å². The number of pyridine rings is 1. The maximum absolute atomic E-state index is 10.9. The number of carbonyl (C=O) groups is 1. The van der Waals surface area contributed by atoms with Gasteiger partial charge in [0.15, 0.2) is 0 Å². The van der Waals surface area contributed by atoms with Crippen LogP contribution in [0.2, 0.25) is 0 Å². The summed E-state index contributed by atoms with van der Waals surface area (Å²) in [5.41, 5.74) is 0.172. The molecule has 1 atom stereocenters. The van der Waals surface area contributed by atoms with E-state index in [1.54, 1.807) is 12.3 Å². The number of rotatable bonds is 6. The maximum atomic E-state index is 10.9. The number of carboxylic acid groups (broad SMARTS) is 1. The van der Waals surface area contributed by atoms with E-state index < -0.39 is 5.97 Å². The van der Waals surface area contributed by atoms with Crippen LogP contribution in [-0.4, -0.2) is 35.3 Å². The molecule has 2 N–H and O–H groups in total. The van der Waals surface area contributed by atoms with Gasteiger partial charge in [-0.2, -0.15) is 0 Å². The van der Waals surface area contributed by atoms with E-state index >= 15 is 0 Å². The Kier molecular flexibility index (Phi) is 4.72. The summed E-state index contributed by atoms with van der Waals surface area (Å²) in [6.45, 7) is 4.98. The third-order valence-electron chi connectivity index (χ3n) is 1.99. The predicted octanol–water partition coefficient (Wildman–Crippen LogP) is 1.62. The van der Waals surface area contributed by atoms with Crippen LogP contribution in [0.5, 0.6) is 0 Å². The van der Waals surface area contributed by atoms with Crippen molar-refractivity contribution in [2.45, 2.75) is 19.9 Å². The minimum absolute atomic E-state index is 0.0212. The Labute approximate surface area is 94.5 Å². The molecule has 0 saturated heterocycles. The van der Waals surface area contributed by atoms with Crippen LogP contribution in [0.3, 0.4) is 0 Å². The molecule has 0 aliphatic rings. The summed E-state index contributed by atoms with van der Waals surface area (Å²) >= 11 is 0. The Morgan fingerprint density at radius 2 is 2.44 bits per heavy atom. The van der Waals surface area contributed by atoms with Crippen LogP contribution in [0.15, 0.2) is 18.3 Å². The monoisotopic (exact) mass is 224 g/mol. The van der Waals surface area contributed by atoms with Crippen molar-refractivity contribution in [3.8, 4) is 0 Å². The van der Waals surface area contributed by atoms with Gasteiger partial charge in [-0.1, -0.05) is 0 Å². The van der Waals surface area contributed by atoms with Gasteiger partial charge in [0, 0.05) is 18.8 Å². The minimum Gasteiger partial charge on any atom is -0.478 e. The van der Waals surface area contributed by atoms with Gasteiger partial charge in [-0.15, -0.1) is 0 Å². The van der Waals surface area contributed by atoms with Crippen LogP contribution >= 0.6 is 0 Å². The van der Waals surface area contributed by atoms with Crippen molar-refractivity contribution in [1.29, 1.82) is 0 Å². The smallest absolute Gasteiger partial charge is 0.339 e. The molecule has 0 aliphatic carbocycles. The summed E-state index contributed by atoms with van der Waals surface area (Å²) in [6.07, 6.45) is 1.56. The molecule has 0 aliphatic heterocycles. The highest BCUT2D eigenvalue weighted by molar-refractivity contribution is 5.93. The fraction of sp³-hybridized carbons (Fsp3) is 0.455. The average molecular weight is 224 g/mol. The van der Waals surface area contributed by atoms with Crippen molar-refractivity contribution < 1.29 is 14.6 Å². The average Bonchev–Trinajstić information content (AvgIpc) is 2.27. The van der Waals surface area contributed by atoms with Crippen LogP contribution in [0.4, 0.5) is 5.82 Å². The second kappa shape index (κ2) is 6.07. The Hall–Kier alpha value is -1.62. The molecule has 0 amide bonds. The number of aromatic nitrogens is 1. The first-order valence-electron chi connectivity index (χ1n) is 5.17. The molecule has 0 bridgehead atoms. The normalized spacial score (nSPS) is 12.1. The molecule has 0 saturated carbocycles. The molecule has 1 rings (SSSR count). The van der Waals surface area contributed by atoms with Crippen molar-refractivity contribution >= 4 is 11.8 Å². The highest BCUT2D eigenvalue weighted by Crippen LogP contribution is 2.12. The molecule has 88 valence electrons. The van der Waals surface area contributed by atoms with Crippen molar-refractivity contribution in [3.63, 3.8) is 0 Å². The van der Waals surface area contributed by atoms with E-state index in [2.05, 4.69) is 10.3 Å². The number of hydrogen-bond donors (Lipinski definition) is 2. The van der Waals surface area contributed by atoms with E-state index in [1.807, 2.05) is 13.8 Å². The second-order valence-corrected chi connectivity index (χ2v) is 3.41. The molecule has 16 heavy (non-hydrogen) atoms. The predicted molar refractivity (Wildman–Crippen MR) is 60.8 cm³/mol. The Bertz CT molecular complexity index is 355. The van der Waals surface area contributed by atoms with Gasteiger partial charge in [-0.3, -0.25) is 0 Å². The van der Waals surface area contributed by atoms with Gasteiger partial charge in [-0.25, -0.2) is 9.78 Å². The van der Waals surface area contributed by atoms with Crippen LogP contribution in [0, 0.1) is 0 Å². The van der Waals surface area contributed by atoms with E-state index in [0.717, 1.165) is 0 Å². The molecule has 0 radical (unpaired) electrons. The molecule has 1 aromatic heterocycles. The molecular weight excluding hydrogens is 208 g/mol. The van der Waals surface area contributed by atoms with Gasteiger partial charge in [-0.05, 0) is 26.0 Å². The van der Waals surface area contributed by atoms with Gasteiger partial charge < -0.3 is 15.2 Å². The summed E-state index contributed by atoms with van der Waals surface area (Å²) in [5.74, 6) is -0.610. The Morgan fingerprint density at radius 1 is 1.69 bits per heavy atom. The number of ether oxygens (including phenoxy) is 1. The van der Waals surface area contributed by atoms with Crippen molar-refractivity contribution in [1.82, 2.24) is 4.98 Å². The summed E-state index contributed by atoms with van der Waals surface area (Å²) in [7, 11) is 0. The molecule has 0 fully saturated rings. The number of carboxylic acids is 1. The maximum Gasteiger partial charge on any atom is 0.339 e. The first-order chi connectivity index (χ1) is 7.65. The zero-order chi connectivity index (χ0) is 12.0. The minimum atomic E-state index is -0.987. The van der Waals surface area contributed by atoms with Crippen LogP contribution < -0.4 is 5.32 Å². The molecule has 1 heterocycles. The van der Waals surface area contributed by atoms with Gasteiger partial charge in [0.05, 0.1) is 6.61 Å². The lowest BCUT2D eigenvalue weighted by atomic mass is 10.2.